The van der Waals surface area contributed by atoms with E-state index >= 15 is 0 Å². The number of carbonyl (C=O) groups is 1. The van der Waals surface area contributed by atoms with E-state index in [4.69, 9.17) is 15.9 Å². The molecule has 0 saturated carbocycles. The Morgan fingerprint density at radius 3 is 2.19 bits per heavy atom. The predicted molar refractivity (Wildman–Crippen MR) is 121 cm³/mol. The number of aliphatic carboxylic acids is 1. The van der Waals surface area contributed by atoms with Gasteiger partial charge in [0.15, 0.2) is 5.60 Å². The predicted octanol–water partition coefficient (Wildman–Crippen LogP) is 5.19. The zero-order valence-corrected chi connectivity index (χ0v) is 19.9. The van der Waals surface area contributed by atoms with Crippen molar-refractivity contribution < 1.29 is 28.5 Å². The smallest absolute Gasteiger partial charge is 0.477 e. The Bertz CT molecular complexity index is 1070. The number of hydrogen-bond acceptors (Lipinski definition) is 5. The van der Waals surface area contributed by atoms with Gasteiger partial charge in [-0.2, -0.15) is 0 Å². The summed E-state index contributed by atoms with van der Waals surface area (Å²) in [7, 11) is -1.98. The summed E-state index contributed by atoms with van der Waals surface area (Å²) < 4.78 is 31.3. The monoisotopic (exact) mass is 460 g/mol. The molecule has 1 aromatic heterocycles. The van der Waals surface area contributed by atoms with Crippen molar-refractivity contribution in [2.24, 2.45) is 0 Å². The Hall–Kier alpha value is -2.65. The second-order valence-corrected chi connectivity index (χ2v) is 9.89. The van der Waals surface area contributed by atoms with Crippen LogP contribution in [0.5, 0.6) is 0 Å². The summed E-state index contributed by atoms with van der Waals surface area (Å²) >= 11 is 0. The molecular weight excluding hydrogens is 432 g/mol. The lowest BCUT2D eigenvalue weighted by Gasteiger charge is -2.34. The van der Waals surface area contributed by atoms with E-state index in [1.54, 1.807) is 6.07 Å². The van der Waals surface area contributed by atoms with Gasteiger partial charge in [0.25, 0.3) is 0 Å². The SMILES string of the molecule is C#CC(C(=O)O)([P+](=O)OC)C(C)(O)c1c(-c2ccc(F)cc2)cc(C(C)C)nc1C(C)C. The molecule has 2 N–H and O–H groups in total. The van der Waals surface area contributed by atoms with Crippen LogP contribution >= 0.6 is 8.03 Å². The van der Waals surface area contributed by atoms with Crippen molar-refractivity contribution in [2.45, 2.75) is 57.2 Å². The van der Waals surface area contributed by atoms with Crippen LogP contribution in [0.1, 0.15) is 63.4 Å². The van der Waals surface area contributed by atoms with E-state index in [1.807, 2.05) is 33.6 Å². The van der Waals surface area contributed by atoms with Crippen LogP contribution in [-0.2, 0) is 19.5 Å². The molecule has 0 saturated heterocycles. The lowest BCUT2D eigenvalue weighted by molar-refractivity contribution is -0.145. The number of hydrogen-bond donors (Lipinski definition) is 2. The summed E-state index contributed by atoms with van der Waals surface area (Å²) in [6.07, 6.45) is 5.60. The van der Waals surface area contributed by atoms with Gasteiger partial charge in [0.05, 0.1) is 12.8 Å². The van der Waals surface area contributed by atoms with Crippen LogP contribution in [0.15, 0.2) is 30.3 Å². The molecule has 32 heavy (non-hydrogen) atoms. The van der Waals surface area contributed by atoms with Crippen LogP contribution in [0.3, 0.4) is 0 Å². The lowest BCUT2D eigenvalue weighted by atomic mass is 9.76. The minimum atomic E-state index is -3.04. The summed E-state index contributed by atoms with van der Waals surface area (Å²) in [5.74, 6) is -0.304. The zero-order valence-electron chi connectivity index (χ0n) is 19.0. The molecule has 2 aromatic rings. The van der Waals surface area contributed by atoms with Crippen LogP contribution in [0, 0.1) is 18.2 Å². The highest BCUT2D eigenvalue weighted by Crippen LogP contribution is 2.54. The quantitative estimate of drug-likeness (QED) is 0.416. The van der Waals surface area contributed by atoms with Crippen LogP contribution in [0.2, 0.25) is 0 Å². The van der Waals surface area contributed by atoms with Crippen molar-refractivity contribution in [3.05, 3.63) is 53.1 Å². The number of benzene rings is 1. The number of pyridine rings is 1. The molecule has 6 nitrogen and oxygen atoms in total. The Labute approximate surface area is 188 Å². The molecule has 2 rings (SSSR count). The number of halogens is 1. The second kappa shape index (κ2) is 9.46. The maximum atomic E-state index is 13.6. The van der Waals surface area contributed by atoms with Gasteiger partial charge >= 0.3 is 19.2 Å². The first kappa shape index (κ1) is 25.6. The maximum absolute atomic E-state index is 13.6. The Kier molecular flexibility index (Phi) is 7.57. The number of carboxylic acids is 1. The van der Waals surface area contributed by atoms with Crippen LogP contribution in [0.4, 0.5) is 4.39 Å². The van der Waals surface area contributed by atoms with Crippen molar-refractivity contribution in [2.75, 3.05) is 7.11 Å². The van der Waals surface area contributed by atoms with Gasteiger partial charge < -0.3 is 10.2 Å². The average molecular weight is 460 g/mol. The summed E-state index contributed by atoms with van der Waals surface area (Å²) in [5, 5.41) is 19.3. The van der Waals surface area contributed by atoms with Crippen LogP contribution < -0.4 is 0 Å². The fourth-order valence-corrected chi connectivity index (χ4v) is 4.71. The largest absolute Gasteiger partial charge is 0.543 e. The molecule has 0 aliphatic heterocycles. The first-order valence-corrected chi connectivity index (χ1v) is 11.3. The van der Waals surface area contributed by atoms with Crippen molar-refractivity contribution in [1.82, 2.24) is 4.98 Å². The Balaban J connectivity index is 3.09. The number of rotatable bonds is 8. The fourth-order valence-electron chi connectivity index (χ4n) is 3.70. The molecule has 0 spiro atoms. The molecule has 0 radical (unpaired) electrons. The minimum Gasteiger partial charge on any atom is -0.477 e. The standard InChI is InChI=1S/C24H27FNO5P/c1-8-24(22(27)28,32(30)31-7)23(6,29)20-18(16-9-11-17(25)12-10-16)13-19(14(2)3)26-21(20)15(4)5/h1,9-15,29H,2-7H3/p+1. The van der Waals surface area contributed by atoms with E-state index < -0.39 is 30.6 Å². The second-order valence-electron chi connectivity index (χ2n) is 8.34. The first-order valence-electron chi connectivity index (χ1n) is 10.1. The summed E-state index contributed by atoms with van der Waals surface area (Å²) in [4.78, 5) is 17.1. The van der Waals surface area contributed by atoms with E-state index in [-0.39, 0.29) is 17.4 Å². The van der Waals surface area contributed by atoms with Gasteiger partial charge in [0.1, 0.15) is 5.82 Å². The van der Waals surface area contributed by atoms with Gasteiger partial charge in [0.2, 0.25) is 0 Å². The maximum Gasteiger partial charge on any atom is 0.543 e. The third-order valence-corrected chi connectivity index (χ3v) is 7.15. The van der Waals surface area contributed by atoms with Gasteiger partial charge in [-0.1, -0.05) is 39.8 Å². The molecule has 0 amide bonds. The van der Waals surface area contributed by atoms with Gasteiger partial charge in [-0.3, -0.25) is 4.98 Å². The molecule has 1 heterocycles. The van der Waals surface area contributed by atoms with Crippen molar-refractivity contribution in [3.63, 3.8) is 0 Å². The molecule has 0 aliphatic rings. The average Bonchev–Trinajstić information content (AvgIpc) is 2.73. The van der Waals surface area contributed by atoms with E-state index in [1.165, 1.54) is 31.2 Å². The normalized spacial score (nSPS) is 15.7. The van der Waals surface area contributed by atoms with Crippen molar-refractivity contribution >= 4 is 14.0 Å². The summed E-state index contributed by atoms with van der Waals surface area (Å²) in [6.45, 7) is 8.79. The summed E-state index contributed by atoms with van der Waals surface area (Å²) in [6, 6.07) is 7.29. The van der Waals surface area contributed by atoms with Crippen LogP contribution in [0.25, 0.3) is 11.1 Å². The van der Waals surface area contributed by atoms with Gasteiger partial charge in [-0.05, 0) is 58.6 Å². The minimum absolute atomic E-state index is 0.0122. The topological polar surface area (TPSA) is 96.7 Å². The van der Waals surface area contributed by atoms with Crippen LogP contribution in [-0.4, -0.2) is 33.4 Å². The highest BCUT2D eigenvalue weighted by Gasteiger charge is 2.71. The van der Waals surface area contributed by atoms with E-state index in [9.17, 15) is 24.0 Å². The number of terminal acetylenes is 1. The Morgan fingerprint density at radius 1 is 1.22 bits per heavy atom. The van der Waals surface area contributed by atoms with Gasteiger partial charge in [0, 0.05) is 11.3 Å². The molecule has 3 atom stereocenters. The highest BCUT2D eigenvalue weighted by molar-refractivity contribution is 7.43. The molecule has 0 aliphatic carbocycles. The lowest BCUT2D eigenvalue weighted by Crippen LogP contribution is -2.53. The van der Waals surface area contributed by atoms with E-state index in [0.29, 0.717) is 22.5 Å². The molecule has 0 fully saturated rings. The van der Waals surface area contributed by atoms with Gasteiger partial charge in [-0.25, -0.2) is 9.18 Å². The molecule has 170 valence electrons. The molecular formula is C24H28FNO5P+. The third kappa shape index (κ3) is 4.19. The first-order chi connectivity index (χ1) is 14.8. The highest BCUT2D eigenvalue weighted by atomic mass is 31.1. The number of carboxylic acid groups (broad SMARTS) is 1. The molecule has 8 heteroatoms. The third-order valence-electron chi connectivity index (χ3n) is 5.51. The van der Waals surface area contributed by atoms with Crippen molar-refractivity contribution in [1.29, 1.82) is 0 Å². The summed E-state index contributed by atoms with van der Waals surface area (Å²) in [5.41, 5.74) is -0.187. The van der Waals surface area contributed by atoms with Gasteiger partial charge in [-0.15, -0.1) is 10.9 Å². The Morgan fingerprint density at radius 2 is 1.78 bits per heavy atom. The fraction of sp³-hybridized carbons (Fsp3) is 0.417. The number of aromatic nitrogens is 1. The number of nitrogens with zero attached hydrogens (tertiary/aromatic N) is 1. The van der Waals surface area contributed by atoms with E-state index in [2.05, 4.69) is 0 Å². The van der Waals surface area contributed by atoms with Crippen molar-refractivity contribution in [3.8, 4) is 23.5 Å². The molecule has 1 aromatic carbocycles. The van der Waals surface area contributed by atoms with E-state index in [0.717, 1.165) is 7.11 Å². The zero-order chi connectivity index (χ0) is 24.4. The molecule has 3 unspecified atom stereocenters. The number of aliphatic hydroxyl groups is 1. The molecule has 0 bridgehead atoms.